The summed E-state index contributed by atoms with van der Waals surface area (Å²) in [5, 5.41) is 0. The minimum absolute atomic E-state index is 0.523. The molecule has 4 nitrogen and oxygen atoms in total. The van der Waals surface area contributed by atoms with Gasteiger partial charge in [0.2, 0.25) is 5.75 Å². The maximum absolute atomic E-state index is 6.20. The maximum Gasteiger partial charge on any atom is 0.203 e. The number of methoxy groups -OCH3 is 3. The number of hydrogen-bond acceptors (Lipinski definition) is 4. The van der Waals surface area contributed by atoms with Crippen molar-refractivity contribution in [2.75, 3.05) is 27.9 Å². The van der Waals surface area contributed by atoms with Crippen molar-refractivity contribution in [3.63, 3.8) is 0 Å². The topological polar surface area (TPSA) is 36.9 Å². The molecule has 150 valence electrons. The Morgan fingerprint density at radius 2 is 1.14 bits per heavy atom. The predicted molar refractivity (Wildman–Crippen MR) is 117 cm³/mol. The van der Waals surface area contributed by atoms with E-state index in [0.717, 1.165) is 28.0 Å². The van der Waals surface area contributed by atoms with Crippen LogP contribution in [0.5, 0.6) is 17.2 Å². The molecule has 0 atom stereocenters. The van der Waals surface area contributed by atoms with Crippen molar-refractivity contribution in [2.45, 2.75) is 6.92 Å². The second kappa shape index (κ2) is 9.69. The van der Waals surface area contributed by atoms with Gasteiger partial charge in [-0.2, -0.15) is 0 Å². The van der Waals surface area contributed by atoms with Gasteiger partial charge >= 0.3 is 0 Å². The molecule has 0 bridgehead atoms. The molecule has 0 unspecified atom stereocenters. The number of benzene rings is 3. The van der Waals surface area contributed by atoms with Gasteiger partial charge in [-0.25, -0.2) is 0 Å². The summed E-state index contributed by atoms with van der Waals surface area (Å²) >= 11 is 0. The van der Waals surface area contributed by atoms with Gasteiger partial charge in [0.1, 0.15) is 5.76 Å². The zero-order valence-electron chi connectivity index (χ0n) is 17.3. The van der Waals surface area contributed by atoms with Crippen LogP contribution in [0.3, 0.4) is 0 Å². The van der Waals surface area contributed by atoms with E-state index in [1.54, 1.807) is 21.3 Å². The second-order valence-electron chi connectivity index (χ2n) is 6.28. The van der Waals surface area contributed by atoms with E-state index in [4.69, 9.17) is 18.9 Å². The van der Waals surface area contributed by atoms with E-state index >= 15 is 0 Å². The number of hydrogen-bond donors (Lipinski definition) is 0. The van der Waals surface area contributed by atoms with E-state index in [0.29, 0.717) is 23.9 Å². The van der Waals surface area contributed by atoms with Gasteiger partial charge in [-0.15, -0.1) is 0 Å². The van der Waals surface area contributed by atoms with Crippen molar-refractivity contribution >= 4 is 11.3 Å². The van der Waals surface area contributed by atoms with Gasteiger partial charge in [-0.1, -0.05) is 60.7 Å². The molecule has 0 saturated heterocycles. The molecule has 3 aromatic carbocycles. The van der Waals surface area contributed by atoms with Crippen LogP contribution in [0, 0.1) is 0 Å². The fourth-order valence-electron chi connectivity index (χ4n) is 3.29. The summed E-state index contributed by atoms with van der Waals surface area (Å²) in [6, 6.07) is 24.3. The molecule has 3 rings (SSSR count). The van der Waals surface area contributed by atoms with Gasteiger partial charge in [-0.3, -0.25) is 0 Å². The van der Waals surface area contributed by atoms with Crippen LogP contribution in [-0.2, 0) is 4.74 Å². The van der Waals surface area contributed by atoms with Gasteiger partial charge in [0.25, 0.3) is 0 Å². The van der Waals surface area contributed by atoms with Crippen molar-refractivity contribution in [1.82, 2.24) is 0 Å². The Bertz CT molecular complexity index is 896. The van der Waals surface area contributed by atoms with Crippen molar-refractivity contribution in [2.24, 2.45) is 0 Å². The Morgan fingerprint density at radius 3 is 1.52 bits per heavy atom. The molecule has 0 saturated carbocycles. The molecule has 0 heterocycles. The third-order valence-electron chi connectivity index (χ3n) is 4.57. The highest BCUT2D eigenvalue weighted by Gasteiger charge is 2.20. The van der Waals surface area contributed by atoms with Crippen LogP contribution in [0.4, 0.5) is 0 Å². The van der Waals surface area contributed by atoms with Crippen molar-refractivity contribution in [3.05, 3.63) is 89.5 Å². The van der Waals surface area contributed by atoms with E-state index in [2.05, 4.69) is 24.3 Å². The molecule has 0 spiro atoms. The first kappa shape index (κ1) is 20.3. The highest BCUT2D eigenvalue weighted by molar-refractivity contribution is 5.96. The van der Waals surface area contributed by atoms with Crippen molar-refractivity contribution in [3.8, 4) is 17.2 Å². The van der Waals surface area contributed by atoms with E-state index in [1.807, 2.05) is 55.5 Å². The highest BCUT2D eigenvalue weighted by Crippen LogP contribution is 2.42. The standard InChI is InChI=1S/C25H26O4/c1-5-29-24(20-16-21(26-2)25(28-4)22(17-20)27-3)23(18-12-8-6-9-13-18)19-14-10-7-11-15-19/h6-17H,5H2,1-4H3. The summed E-state index contributed by atoms with van der Waals surface area (Å²) in [5.41, 5.74) is 3.98. The summed E-state index contributed by atoms with van der Waals surface area (Å²) in [5.74, 6) is 2.47. The van der Waals surface area contributed by atoms with Gasteiger partial charge in [0, 0.05) is 11.1 Å². The molecule has 29 heavy (non-hydrogen) atoms. The summed E-state index contributed by atoms with van der Waals surface area (Å²) in [4.78, 5) is 0. The number of ether oxygens (including phenoxy) is 4. The van der Waals surface area contributed by atoms with E-state index in [1.165, 1.54) is 0 Å². The van der Waals surface area contributed by atoms with Crippen molar-refractivity contribution in [1.29, 1.82) is 0 Å². The Kier molecular flexibility index (Phi) is 6.80. The molecule has 0 radical (unpaired) electrons. The lowest BCUT2D eigenvalue weighted by molar-refractivity contribution is 0.297. The summed E-state index contributed by atoms with van der Waals surface area (Å²) in [6.07, 6.45) is 0. The first-order valence-electron chi connectivity index (χ1n) is 9.51. The number of rotatable bonds is 8. The van der Waals surface area contributed by atoms with Crippen LogP contribution in [0.25, 0.3) is 11.3 Å². The third kappa shape index (κ3) is 4.37. The Hall–Kier alpha value is -3.40. The fraction of sp³-hybridized carbons (Fsp3) is 0.200. The summed E-state index contributed by atoms with van der Waals surface area (Å²) in [7, 11) is 4.82. The Morgan fingerprint density at radius 1 is 0.655 bits per heavy atom. The molecule has 0 fully saturated rings. The first-order chi connectivity index (χ1) is 14.2. The molecule has 0 aliphatic heterocycles. The van der Waals surface area contributed by atoms with E-state index < -0.39 is 0 Å². The van der Waals surface area contributed by atoms with Crippen molar-refractivity contribution < 1.29 is 18.9 Å². The summed E-state index contributed by atoms with van der Waals surface area (Å²) < 4.78 is 22.8. The molecule has 3 aromatic rings. The largest absolute Gasteiger partial charge is 0.493 e. The monoisotopic (exact) mass is 390 g/mol. The average molecular weight is 390 g/mol. The Balaban J connectivity index is 2.34. The Labute approximate surface area is 172 Å². The second-order valence-corrected chi connectivity index (χ2v) is 6.28. The fourth-order valence-corrected chi connectivity index (χ4v) is 3.29. The van der Waals surface area contributed by atoms with Crippen LogP contribution in [0.15, 0.2) is 72.8 Å². The molecule has 0 amide bonds. The highest BCUT2D eigenvalue weighted by atomic mass is 16.5. The normalized spacial score (nSPS) is 10.2. The molecule has 0 aromatic heterocycles. The smallest absolute Gasteiger partial charge is 0.203 e. The lowest BCUT2D eigenvalue weighted by Crippen LogP contribution is -2.02. The van der Waals surface area contributed by atoms with Crippen LogP contribution in [0.1, 0.15) is 23.6 Å². The molecule has 0 N–H and O–H groups in total. The SMILES string of the molecule is CCOC(=C(c1ccccc1)c1ccccc1)c1cc(OC)c(OC)c(OC)c1. The zero-order chi connectivity index (χ0) is 20.6. The summed E-state index contributed by atoms with van der Waals surface area (Å²) in [6.45, 7) is 2.50. The van der Waals surface area contributed by atoms with Crippen LogP contribution >= 0.6 is 0 Å². The first-order valence-corrected chi connectivity index (χ1v) is 9.51. The van der Waals surface area contributed by atoms with Crippen LogP contribution in [-0.4, -0.2) is 27.9 Å². The van der Waals surface area contributed by atoms with Gasteiger partial charge in [0.05, 0.1) is 27.9 Å². The predicted octanol–water partition coefficient (Wildman–Crippen LogP) is 5.67. The molecule has 0 aliphatic carbocycles. The molecular formula is C25H26O4. The lowest BCUT2D eigenvalue weighted by Gasteiger charge is -2.20. The molecule has 0 aliphatic rings. The van der Waals surface area contributed by atoms with Gasteiger partial charge in [0.15, 0.2) is 11.5 Å². The van der Waals surface area contributed by atoms with E-state index in [9.17, 15) is 0 Å². The third-order valence-corrected chi connectivity index (χ3v) is 4.57. The van der Waals surface area contributed by atoms with Crippen LogP contribution < -0.4 is 14.2 Å². The molecule has 4 heteroatoms. The maximum atomic E-state index is 6.20. The minimum atomic E-state index is 0.523. The van der Waals surface area contributed by atoms with Gasteiger partial charge < -0.3 is 18.9 Å². The molecular weight excluding hydrogens is 364 g/mol. The lowest BCUT2D eigenvalue weighted by atomic mass is 9.94. The zero-order valence-corrected chi connectivity index (χ0v) is 17.3. The quantitative estimate of drug-likeness (QED) is 0.367. The average Bonchev–Trinajstić information content (AvgIpc) is 2.79. The minimum Gasteiger partial charge on any atom is -0.493 e. The van der Waals surface area contributed by atoms with Crippen LogP contribution in [0.2, 0.25) is 0 Å². The van der Waals surface area contributed by atoms with E-state index in [-0.39, 0.29) is 0 Å². The van der Waals surface area contributed by atoms with Gasteiger partial charge in [-0.05, 0) is 30.2 Å².